The van der Waals surface area contributed by atoms with Crippen LogP contribution in [0.4, 0.5) is 11.4 Å². The van der Waals surface area contributed by atoms with Gasteiger partial charge < -0.3 is 39.7 Å². The smallest absolute Gasteiger partial charge is 0.347 e. The Balaban J connectivity index is 0.000000772. The van der Waals surface area contributed by atoms with Gasteiger partial charge in [0.05, 0.1) is 33.0 Å². The normalized spacial score (nSPS) is 9.79. The number of esters is 4. The monoisotopic (exact) mass is 803 g/mol. The maximum Gasteiger partial charge on any atom is 0.347 e. The molecule has 0 aliphatic rings. The van der Waals surface area contributed by atoms with Gasteiger partial charge in [-0.2, -0.15) is 0 Å². The number of benzene rings is 3. The van der Waals surface area contributed by atoms with Crippen LogP contribution in [0.2, 0.25) is 0 Å². The molecule has 4 rings (SSSR count). The van der Waals surface area contributed by atoms with Crippen LogP contribution in [0.3, 0.4) is 0 Å². The Morgan fingerprint density at radius 1 is 0.655 bits per heavy atom. The molecule has 14 heteroatoms. The number of nitrogens with one attached hydrogen (secondary N) is 2. The topological polar surface area (TPSA) is 202 Å². The van der Waals surface area contributed by atoms with E-state index in [1.54, 1.807) is 52.8 Å². The van der Waals surface area contributed by atoms with Gasteiger partial charge in [-0.3, -0.25) is 9.59 Å². The molecule has 0 atom stereocenters. The Kier molecular flexibility index (Phi) is 27.0. The predicted octanol–water partition coefficient (Wildman–Crippen LogP) is 7.56. The first-order valence-corrected chi connectivity index (χ1v) is 18.4. The molecule has 314 valence electrons. The zero-order valence-electron chi connectivity index (χ0n) is 33.3. The lowest BCUT2D eigenvalue weighted by molar-refractivity contribution is -0.147. The first-order chi connectivity index (χ1) is 27.5. The number of pyridine rings is 1. The van der Waals surface area contributed by atoms with Crippen LogP contribution in [0, 0.1) is 0 Å². The summed E-state index contributed by atoms with van der Waals surface area (Å²) < 4.78 is 24.1. The Morgan fingerprint density at radius 2 is 1.16 bits per heavy atom. The first-order valence-electron chi connectivity index (χ1n) is 18.4. The van der Waals surface area contributed by atoms with Crippen LogP contribution in [0.1, 0.15) is 72.2 Å². The quantitative estimate of drug-likeness (QED) is 0.0202. The predicted molar refractivity (Wildman–Crippen MR) is 226 cm³/mol. The third-order valence-corrected chi connectivity index (χ3v) is 6.87. The standard InChI is InChI=1S/C14H17NO4.C12H11NO3.C11H18O4.C6H7N.CH4/c1-3-18-13(16)12(14(17)19-4-2)10-15-11-8-6-5-7-9-11;1-2-16-12(15)9-7-13-10-6-4-3-5-8(10)11(9)14;1-4-7-10(12)9(8-14-5-2)11(13)15-6-3;7-6-4-2-1-3-5-6;/h5-10,15H,3-4H2,1-2H3;3-7H,2H2,1H3,(H,13,14);8H,4-7H2,1-3H3;1-5H,7H2;1H4/b;;9-8+;;. The third kappa shape index (κ3) is 19.2. The number of carbonyl (C=O) groups excluding carboxylic acids is 5. The molecule has 1 aromatic heterocycles. The number of para-hydroxylation sites is 3. The van der Waals surface area contributed by atoms with Crippen molar-refractivity contribution in [2.45, 2.75) is 61.8 Å². The van der Waals surface area contributed by atoms with Crippen molar-refractivity contribution in [3.8, 4) is 0 Å². The number of nitrogens with two attached hydrogens (primary N) is 1. The second-order valence-electron chi connectivity index (χ2n) is 11.1. The van der Waals surface area contributed by atoms with Crippen molar-refractivity contribution < 1.29 is 47.7 Å². The number of ether oxygens (including phenoxy) is 5. The summed E-state index contributed by atoms with van der Waals surface area (Å²) in [5.74, 6) is -2.84. The lowest BCUT2D eigenvalue weighted by Crippen LogP contribution is -2.19. The number of rotatable bonds is 15. The highest BCUT2D eigenvalue weighted by Gasteiger charge is 2.21. The number of aromatic amines is 1. The largest absolute Gasteiger partial charge is 0.500 e. The number of anilines is 2. The maximum absolute atomic E-state index is 11.9. The van der Waals surface area contributed by atoms with Crippen molar-refractivity contribution in [2.75, 3.05) is 44.1 Å². The van der Waals surface area contributed by atoms with Gasteiger partial charge in [-0.15, -0.1) is 0 Å². The molecule has 1 heterocycles. The molecule has 0 saturated heterocycles. The number of fused-ring (bicyclic) bond motifs is 1. The van der Waals surface area contributed by atoms with E-state index in [-0.39, 0.29) is 61.8 Å². The van der Waals surface area contributed by atoms with E-state index in [4.69, 9.17) is 29.4 Å². The van der Waals surface area contributed by atoms with Gasteiger partial charge in [0.2, 0.25) is 5.43 Å². The average Bonchev–Trinajstić information content (AvgIpc) is 3.20. The Morgan fingerprint density at radius 3 is 1.64 bits per heavy atom. The maximum atomic E-state index is 11.9. The molecule has 0 bridgehead atoms. The fourth-order valence-electron chi connectivity index (χ4n) is 4.25. The summed E-state index contributed by atoms with van der Waals surface area (Å²) in [5.41, 5.74) is 7.23. The molecule has 0 unspecified atom stereocenters. The molecule has 0 saturated carbocycles. The van der Waals surface area contributed by atoms with E-state index in [2.05, 4.69) is 10.3 Å². The van der Waals surface area contributed by atoms with Crippen molar-refractivity contribution in [1.29, 1.82) is 0 Å². The number of ketones is 1. The molecule has 0 aliphatic carbocycles. The van der Waals surface area contributed by atoms with Crippen molar-refractivity contribution in [2.24, 2.45) is 0 Å². The fraction of sp³-hybridized carbons (Fsp3) is 0.318. The van der Waals surface area contributed by atoms with E-state index in [0.29, 0.717) is 30.4 Å². The summed E-state index contributed by atoms with van der Waals surface area (Å²) in [5, 5.41) is 3.35. The number of Topliss-reactive ketones (excluding diaryl/α,β-unsaturated/α-hetero) is 1. The van der Waals surface area contributed by atoms with Gasteiger partial charge in [0, 0.05) is 41.1 Å². The summed E-state index contributed by atoms with van der Waals surface area (Å²) in [6.07, 6.45) is 4.91. The first kappa shape index (κ1) is 51.3. The van der Waals surface area contributed by atoms with Gasteiger partial charge in [-0.1, -0.05) is 62.9 Å². The number of hydrogen-bond donors (Lipinski definition) is 3. The van der Waals surface area contributed by atoms with Crippen molar-refractivity contribution >= 4 is 51.9 Å². The van der Waals surface area contributed by atoms with Crippen LogP contribution in [-0.2, 0) is 42.9 Å². The van der Waals surface area contributed by atoms with Gasteiger partial charge in [-0.25, -0.2) is 19.2 Å². The minimum Gasteiger partial charge on any atom is -0.500 e. The minimum absolute atomic E-state index is 0. The zero-order valence-corrected chi connectivity index (χ0v) is 33.3. The third-order valence-electron chi connectivity index (χ3n) is 6.87. The van der Waals surface area contributed by atoms with Crippen LogP contribution < -0.4 is 16.5 Å². The molecule has 0 radical (unpaired) electrons. The number of aromatic nitrogens is 1. The van der Waals surface area contributed by atoms with E-state index < -0.39 is 23.9 Å². The highest BCUT2D eigenvalue weighted by atomic mass is 16.6. The van der Waals surface area contributed by atoms with E-state index in [9.17, 15) is 28.8 Å². The van der Waals surface area contributed by atoms with Crippen LogP contribution in [0.5, 0.6) is 0 Å². The average molecular weight is 804 g/mol. The van der Waals surface area contributed by atoms with Gasteiger partial charge in [0.15, 0.2) is 11.4 Å². The molecular weight excluding hydrogens is 746 g/mol. The van der Waals surface area contributed by atoms with Crippen LogP contribution in [-0.4, -0.2) is 67.7 Å². The number of H-pyrrole nitrogens is 1. The molecule has 14 nitrogen and oxygen atoms in total. The molecule has 0 fully saturated rings. The Labute approximate surface area is 340 Å². The number of nitrogen functional groups attached to an aromatic ring is 1. The molecule has 0 aliphatic heterocycles. The van der Waals surface area contributed by atoms with E-state index in [1.165, 1.54) is 18.7 Å². The van der Waals surface area contributed by atoms with E-state index >= 15 is 0 Å². The van der Waals surface area contributed by atoms with E-state index in [1.807, 2.05) is 73.7 Å². The molecule has 0 spiro atoms. The SMILES string of the molecule is C.CCCC(=O)/C(=C\OCC)C(=O)OCC.CCOC(=O)C(=CNc1ccccc1)C(=O)OCC.CCOC(=O)c1c[nH]c2ccccc2c1=O.Nc1ccccc1. The molecule has 3 aromatic carbocycles. The Hall–Kier alpha value is -6.70. The summed E-state index contributed by atoms with van der Waals surface area (Å²) in [6.45, 7) is 11.7. The van der Waals surface area contributed by atoms with Crippen molar-refractivity contribution in [3.05, 3.63) is 131 Å². The van der Waals surface area contributed by atoms with Crippen LogP contribution in [0.25, 0.3) is 10.9 Å². The highest BCUT2D eigenvalue weighted by Crippen LogP contribution is 2.10. The van der Waals surface area contributed by atoms with Gasteiger partial charge in [-0.05, 0) is 77.4 Å². The van der Waals surface area contributed by atoms with Crippen molar-refractivity contribution in [1.82, 2.24) is 4.98 Å². The van der Waals surface area contributed by atoms with Crippen LogP contribution >= 0.6 is 0 Å². The summed E-state index contributed by atoms with van der Waals surface area (Å²) >= 11 is 0. The zero-order chi connectivity index (χ0) is 42.4. The lowest BCUT2D eigenvalue weighted by Gasteiger charge is -2.07. The second kappa shape index (κ2) is 30.5. The van der Waals surface area contributed by atoms with Gasteiger partial charge in [0.25, 0.3) is 0 Å². The molecule has 4 N–H and O–H groups in total. The molecular formula is C44H57N3O11. The molecule has 4 aromatic rings. The second-order valence-corrected chi connectivity index (χ2v) is 11.1. The number of hydrogen-bond acceptors (Lipinski definition) is 13. The Bertz CT molecular complexity index is 1920. The summed E-state index contributed by atoms with van der Waals surface area (Å²) in [4.78, 5) is 72.5. The highest BCUT2D eigenvalue weighted by molar-refractivity contribution is 6.17. The molecule has 0 amide bonds. The van der Waals surface area contributed by atoms with Gasteiger partial charge >= 0.3 is 23.9 Å². The summed E-state index contributed by atoms with van der Waals surface area (Å²) in [7, 11) is 0. The lowest BCUT2D eigenvalue weighted by atomic mass is 10.1. The van der Waals surface area contributed by atoms with E-state index in [0.717, 1.165) is 11.4 Å². The number of carbonyl (C=O) groups is 5. The fourth-order valence-corrected chi connectivity index (χ4v) is 4.25. The summed E-state index contributed by atoms with van der Waals surface area (Å²) in [6, 6.07) is 25.7. The molecule has 58 heavy (non-hydrogen) atoms. The van der Waals surface area contributed by atoms with Crippen molar-refractivity contribution in [3.63, 3.8) is 0 Å². The minimum atomic E-state index is -0.704. The van der Waals surface area contributed by atoms with Crippen LogP contribution in [0.15, 0.2) is 120 Å². The van der Waals surface area contributed by atoms with Gasteiger partial charge in [0.1, 0.15) is 17.4 Å².